The van der Waals surface area contributed by atoms with Gasteiger partial charge in [-0.3, -0.25) is 10.1 Å². The highest BCUT2D eigenvalue weighted by Gasteiger charge is 2.22. The van der Waals surface area contributed by atoms with Crippen LogP contribution in [0.25, 0.3) is 11.0 Å². The number of ether oxygens (including phenoxy) is 2. The summed E-state index contributed by atoms with van der Waals surface area (Å²) in [6.07, 6.45) is 0. The van der Waals surface area contributed by atoms with Gasteiger partial charge in [0.1, 0.15) is 17.6 Å². The number of anilines is 1. The van der Waals surface area contributed by atoms with Gasteiger partial charge in [0.2, 0.25) is 6.79 Å². The molecular weight excluding hydrogens is 402 g/mol. The molecule has 3 aromatic rings. The topological polar surface area (TPSA) is 87.5 Å². The number of Topliss-reactive ketones (excluding diaryl/α,β-unsaturated/α-hetero) is 1. The maximum Gasteiger partial charge on any atom is 0.356 e. The molecule has 2 heterocycles. The van der Waals surface area contributed by atoms with Gasteiger partial charge >= 0.3 is 5.95 Å². The normalized spacial score (nSPS) is 12.0. The SMILES string of the molecule is O=C(C[n+]1c(NCCO)[nH]c2ccccc21)c1ccc2c(c1)OCO2.[Br-]. The van der Waals surface area contributed by atoms with Gasteiger partial charge in [-0.05, 0) is 30.3 Å². The van der Waals surface area contributed by atoms with E-state index in [-0.39, 0.29) is 42.7 Å². The fraction of sp³-hybridized carbons (Fsp3) is 0.222. The van der Waals surface area contributed by atoms with Crippen molar-refractivity contribution in [3.05, 3.63) is 48.0 Å². The van der Waals surface area contributed by atoms with Crippen molar-refractivity contribution in [3.8, 4) is 11.5 Å². The summed E-state index contributed by atoms with van der Waals surface area (Å²) in [5, 5.41) is 12.2. The number of carbonyl (C=O) groups is 1. The number of imidazole rings is 1. The van der Waals surface area contributed by atoms with Crippen LogP contribution in [0.4, 0.5) is 5.95 Å². The van der Waals surface area contributed by atoms with E-state index in [9.17, 15) is 4.79 Å². The van der Waals surface area contributed by atoms with Crippen molar-refractivity contribution < 1.29 is 40.9 Å². The molecule has 4 rings (SSSR count). The number of nitrogens with one attached hydrogen (secondary N) is 2. The van der Waals surface area contributed by atoms with Gasteiger partial charge in [0.05, 0.1) is 13.2 Å². The van der Waals surface area contributed by atoms with Crippen molar-refractivity contribution in [1.82, 2.24) is 4.98 Å². The Morgan fingerprint density at radius 1 is 1.19 bits per heavy atom. The van der Waals surface area contributed by atoms with Crippen molar-refractivity contribution in [1.29, 1.82) is 0 Å². The second kappa shape index (κ2) is 7.76. The van der Waals surface area contributed by atoms with Gasteiger partial charge in [-0.1, -0.05) is 12.1 Å². The zero-order chi connectivity index (χ0) is 17.2. The molecule has 0 aliphatic carbocycles. The Kier molecular flexibility index (Phi) is 5.43. The molecule has 0 saturated carbocycles. The van der Waals surface area contributed by atoms with Crippen LogP contribution in [0, 0.1) is 0 Å². The predicted molar refractivity (Wildman–Crippen MR) is 91.0 cm³/mol. The van der Waals surface area contributed by atoms with Gasteiger partial charge < -0.3 is 31.6 Å². The van der Waals surface area contributed by atoms with Crippen LogP contribution >= 0.6 is 0 Å². The van der Waals surface area contributed by atoms with Gasteiger partial charge in [0.25, 0.3) is 0 Å². The molecule has 1 aliphatic rings. The van der Waals surface area contributed by atoms with E-state index < -0.39 is 0 Å². The Morgan fingerprint density at radius 2 is 2.00 bits per heavy atom. The average Bonchev–Trinajstić information content (AvgIpc) is 3.24. The smallest absolute Gasteiger partial charge is 0.356 e. The van der Waals surface area contributed by atoms with Crippen LogP contribution in [0.15, 0.2) is 42.5 Å². The molecule has 0 unspecified atom stereocenters. The number of benzene rings is 2. The van der Waals surface area contributed by atoms with Crippen molar-refractivity contribution in [3.63, 3.8) is 0 Å². The first kappa shape index (κ1) is 18.2. The summed E-state index contributed by atoms with van der Waals surface area (Å²) >= 11 is 0. The molecule has 2 aromatic carbocycles. The highest BCUT2D eigenvalue weighted by Crippen LogP contribution is 2.32. The van der Waals surface area contributed by atoms with E-state index in [1.807, 2.05) is 28.8 Å². The lowest BCUT2D eigenvalue weighted by atomic mass is 10.1. The number of aliphatic hydroxyl groups is 1. The number of nitrogens with zero attached hydrogens (tertiary/aromatic N) is 1. The molecule has 1 aromatic heterocycles. The Morgan fingerprint density at radius 3 is 2.85 bits per heavy atom. The predicted octanol–water partition coefficient (Wildman–Crippen LogP) is -1.52. The molecular formula is C18H18BrN3O4. The molecule has 0 bridgehead atoms. The molecule has 0 spiro atoms. The van der Waals surface area contributed by atoms with Gasteiger partial charge in [0.15, 0.2) is 17.3 Å². The monoisotopic (exact) mass is 419 g/mol. The van der Waals surface area contributed by atoms with Crippen LogP contribution in [-0.4, -0.2) is 35.8 Å². The number of ketones is 1. The van der Waals surface area contributed by atoms with Crippen LogP contribution in [0.1, 0.15) is 10.4 Å². The standard InChI is InChI=1S/C18H17N3O4.BrH/c22-8-7-19-18-20-13-3-1-2-4-14(13)21(18)10-15(23)12-5-6-16-17(9-12)25-11-24-16;/h1-6,9,22H,7-8,10-11H2,(H,19,20);1H. The lowest BCUT2D eigenvalue weighted by Gasteiger charge is -2.05. The van der Waals surface area contributed by atoms with Crippen LogP contribution in [-0.2, 0) is 6.54 Å². The summed E-state index contributed by atoms with van der Waals surface area (Å²) < 4.78 is 12.5. The molecule has 0 fully saturated rings. The number of aromatic nitrogens is 2. The number of carbonyl (C=O) groups excluding carboxylic acids is 1. The highest BCUT2D eigenvalue weighted by atomic mass is 79.9. The number of halogens is 1. The molecule has 0 radical (unpaired) electrons. The Labute approximate surface area is 160 Å². The molecule has 26 heavy (non-hydrogen) atoms. The minimum Gasteiger partial charge on any atom is -1.00 e. The van der Waals surface area contributed by atoms with E-state index >= 15 is 0 Å². The van der Waals surface area contributed by atoms with Crippen molar-refractivity contribution >= 4 is 22.8 Å². The van der Waals surface area contributed by atoms with Crippen LogP contribution in [0.5, 0.6) is 11.5 Å². The Balaban J connectivity index is 0.00000196. The summed E-state index contributed by atoms with van der Waals surface area (Å²) in [4.78, 5) is 16.0. The zero-order valence-corrected chi connectivity index (χ0v) is 15.5. The molecule has 136 valence electrons. The highest BCUT2D eigenvalue weighted by molar-refractivity contribution is 5.96. The maximum absolute atomic E-state index is 12.8. The number of rotatable bonds is 6. The number of hydrogen-bond donors (Lipinski definition) is 3. The van der Waals surface area contributed by atoms with Gasteiger partial charge in [0, 0.05) is 5.56 Å². The average molecular weight is 420 g/mol. The molecule has 8 heteroatoms. The second-order valence-electron chi connectivity index (χ2n) is 5.72. The third kappa shape index (κ3) is 3.38. The van der Waals surface area contributed by atoms with Crippen molar-refractivity contribution in [2.24, 2.45) is 0 Å². The lowest BCUT2D eigenvalue weighted by Crippen LogP contribution is -3.00. The first-order chi connectivity index (χ1) is 12.3. The summed E-state index contributed by atoms with van der Waals surface area (Å²) in [6, 6.07) is 12.9. The molecule has 3 N–H and O–H groups in total. The zero-order valence-electron chi connectivity index (χ0n) is 13.9. The van der Waals surface area contributed by atoms with Gasteiger partial charge in [-0.25, -0.2) is 9.55 Å². The van der Waals surface area contributed by atoms with Crippen LogP contribution < -0.4 is 36.3 Å². The summed E-state index contributed by atoms with van der Waals surface area (Å²) in [6.45, 7) is 0.743. The Hall–Kier alpha value is -2.58. The fourth-order valence-electron chi connectivity index (χ4n) is 2.91. The Bertz CT molecular complexity index is 941. The second-order valence-corrected chi connectivity index (χ2v) is 5.72. The summed E-state index contributed by atoms with van der Waals surface area (Å²) in [7, 11) is 0. The number of fused-ring (bicyclic) bond motifs is 2. The summed E-state index contributed by atoms with van der Waals surface area (Å²) in [5.74, 6) is 1.89. The minimum atomic E-state index is -0.0416. The number of aromatic amines is 1. The van der Waals surface area contributed by atoms with E-state index in [1.54, 1.807) is 18.2 Å². The third-order valence-electron chi connectivity index (χ3n) is 4.12. The lowest BCUT2D eigenvalue weighted by molar-refractivity contribution is -0.642. The number of aliphatic hydroxyl groups excluding tert-OH is 1. The van der Waals surface area contributed by atoms with Gasteiger partial charge in [-0.2, -0.15) is 0 Å². The summed E-state index contributed by atoms with van der Waals surface area (Å²) in [5.41, 5.74) is 2.40. The van der Waals surface area contributed by atoms with E-state index in [2.05, 4.69) is 10.3 Å². The molecule has 0 amide bonds. The maximum atomic E-state index is 12.8. The van der Waals surface area contributed by atoms with E-state index in [0.717, 1.165) is 11.0 Å². The quantitative estimate of drug-likeness (QED) is 0.333. The molecule has 0 atom stereocenters. The number of hydrogen-bond acceptors (Lipinski definition) is 5. The fourth-order valence-corrected chi connectivity index (χ4v) is 2.91. The van der Waals surface area contributed by atoms with E-state index in [1.165, 1.54) is 0 Å². The van der Waals surface area contributed by atoms with E-state index in [0.29, 0.717) is 29.6 Å². The van der Waals surface area contributed by atoms with Crippen LogP contribution in [0.3, 0.4) is 0 Å². The van der Waals surface area contributed by atoms with Crippen molar-refractivity contribution in [2.45, 2.75) is 6.54 Å². The van der Waals surface area contributed by atoms with Crippen molar-refractivity contribution in [2.75, 3.05) is 25.3 Å². The van der Waals surface area contributed by atoms with Crippen LogP contribution in [0.2, 0.25) is 0 Å². The molecule has 7 nitrogen and oxygen atoms in total. The first-order valence-electron chi connectivity index (χ1n) is 8.04. The number of para-hydroxylation sites is 2. The van der Waals surface area contributed by atoms with Gasteiger partial charge in [-0.15, -0.1) is 0 Å². The molecule has 0 saturated heterocycles. The largest absolute Gasteiger partial charge is 1.00 e. The number of H-pyrrole nitrogens is 1. The first-order valence-corrected chi connectivity index (χ1v) is 8.04. The third-order valence-corrected chi connectivity index (χ3v) is 4.12. The minimum absolute atomic E-state index is 0. The molecule has 1 aliphatic heterocycles. The van der Waals surface area contributed by atoms with E-state index in [4.69, 9.17) is 14.6 Å².